The molecule has 0 saturated heterocycles. The van der Waals surface area contributed by atoms with E-state index in [9.17, 15) is 10.1 Å². The van der Waals surface area contributed by atoms with Crippen LogP contribution in [0.3, 0.4) is 0 Å². The average molecular weight is 278 g/mol. The Balaban J connectivity index is 2.22. The van der Waals surface area contributed by atoms with E-state index in [4.69, 9.17) is 5.53 Å². The van der Waals surface area contributed by atoms with Crippen molar-refractivity contribution in [2.75, 3.05) is 0 Å². The highest BCUT2D eigenvalue weighted by Crippen LogP contribution is 2.37. The summed E-state index contributed by atoms with van der Waals surface area (Å²) >= 11 is 1.65. The van der Waals surface area contributed by atoms with Crippen LogP contribution in [0, 0.1) is 10.1 Å². The summed E-state index contributed by atoms with van der Waals surface area (Å²) in [7, 11) is 0. The Kier molecular flexibility index (Phi) is 4.65. The number of nitro benzene ring substituents is 1. The highest BCUT2D eigenvalue weighted by Gasteiger charge is 2.17. The fourth-order valence-electron chi connectivity index (χ4n) is 2.23. The number of hydrogen-bond donors (Lipinski definition) is 0. The van der Waals surface area contributed by atoms with Gasteiger partial charge in [-0.15, -0.1) is 11.8 Å². The molecule has 0 aromatic heterocycles. The summed E-state index contributed by atoms with van der Waals surface area (Å²) in [6, 6.07) is 4.56. The smallest absolute Gasteiger partial charge is 0.258 e. The Labute approximate surface area is 115 Å². The third-order valence-electron chi connectivity index (χ3n) is 3.10. The van der Waals surface area contributed by atoms with Crippen molar-refractivity contribution < 1.29 is 4.92 Å². The molecule has 19 heavy (non-hydrogen) atoms. The number of thioether (sulfide) groups is 1. The minimum atomic E-state index is -0.457. The number of benzene rings is 1. The van der Waals surface area contributed by atoms with Gasteiger partial charge in [-0.2, -0.15) is 0 Å². The SMILES string of the molecule is [N-]=[N+]=Nc1cc(SC2CCCCC2)cc([N+](=O)[O-])c1. The number of rotatable bonds is 4. The van der Waals surface area contributed by atoms with Crippen LogP contribution in [0.15, 0.2) is 28.2 Å². The standard InChI is InChI=1S/C12H14N4O2S/c13-15-14-9-6-10(16(17)18)8-12(7-9)19-11-4-2-1-3-5-11/h6-8,11H,1-5H2. The minimum Gasteiger partial charge on any atom is -0.258 e. The molecule has 0 bridgehead atoms. The monoisotopic (exact) mass is 278 g/mol. The maximum absolute atomic E-state index is 10.9. The van der Waals surface area contributed by atoms with Crippen LogP contribution in [0.1, 0.15) is 32.1 Å². The molecule has 2 rings (SSSR count). The maximum Gasteiger partial charge on any atom is 0.271 e. The van der Waals surface area contributed by atoms with Crippen molar-refractivity contribution in [1.82, 2.24) is 0 Å². The summed E-state index contributed by atoms with van der Waals surface area (Å²) in [5, 5.41) is 14.8. The first-order valence-corrected chi connectivity index (χ1v) is 7.08. The van der Waals surface area contributed by atoms with E-state index in [0.29, 0.717) is 10.9 Å². The van der Waals surface area contributed by atoms with Crippen molar-refractivity contribution >= 4 is 23.1 Å². The molecule has 1 aromatic rings. The molecule has 0 radical (unpaired) electrons. The molecule has 1 aliphatic carbocycles. The highest BCUT2D eigenvalue weighted by atomic mass is 32.2. The van der Waals surface area contributed by atoms with Gasteiger partial charge in [0.1, 0.15) is 0 Å². The second kappa shape index (κ2) is 6.45. The Morgan fingerprint density at radius 1 is 1.32 bits per heavy atom. The molecule has 0 N–H and O–H groups in total. The molecule has 100 valence electrons. The fraction of sp³-hybridized carbons (Fsp3) is 0.500. The first-order chi connectivity index (χ1) is 9.19. The first-order valence-electron chi connectivity index (χ1n) is 6.20. The van der Waals surface area contributed by atoms with Crippen LogP contribution >= 0.6 is 11.8 Å². The predicted octanol–water partition coefficient (Wildman–Crippen LogP) is 4.96. The van der Waals surface area contributed by atoms with Gasteiger partial charge in [-0.05, 0) is 24.4 Å². The molecule has 0 atom stereocenters. The number of non-ortho nitro benzene ring substituents is 1. The molecule has 0 heterocycles. The van der Waals surface area contributed by atoms with E-state index in [1.807, 2.05) is 0 Å². The van der Waals surface area contributed by atoms with E-state index in [1.165, 1.54) is 25.3 Å². The maximum atomic E-state index is 10.9. The third-order valence-corrected chi connectivity index (χ3v) is 4.41. The van der Waals surface area contributed by atoms with E-state index >= 15 is 0 Å². The number of azide groups is 1. The van der Waals surface area contributed by atoms with Crippen molar-refractivity contribution in [3.05, 3.63) is 38.8 Å². The molecule has 0 amide bonds. The normalized spacial score (nSPS) is 15.8. The van der Waals surface area contributed by atoms with Crippen molar-refractivity contribution in [3.8, 4) is 0 Å². The molecule has 0 spiro atoms. The number of nitrogens with zero attached hydrogens (tertiary/aromatic N) is 4. The largest absolute Gasteiger partial charge is 0.271 e. The summed E-state index contributed by atoms with van der Waals surface area (Å²) in [5.74, 6) is 0. The first kappa shape index (κ1) is 13.7. The van der Waals surface area contributed by atoms with Crippen LogP contribution in [0.2, 0.25) is 0 Å². The lowest BCUT2D eigenvalue weighted by Crippen LogP contribution is -2.07. The minimum absolute atomic E-state index is 0.0248. The Hall–Kier alpha value is -1.72. The van der Waals surface area contributed by atoms with Crippen LogP contribution in [0.5, 0.6) is 0 Å². The quantitative estimate of drug-likeness (QED) is 0.256. The van der Waals surface area contributed by atoms with Crippen LogP contribution in [0.25, 0.3) is 10.4 Å². The lowest BCUT2D eigenvalue weighted by atomic mass is 10.0. The van der Waals surface area contributed by atoms with Crippen molar-refractivity contribution in [1.29, 1.82) is 0 Å². The van der Waals surface area contributed by atoms with Crippen molar-refractivity contribution in [3.63, 3.8) is 0 Å². The van der Waals surface area contributed by atoms with Crippen LogP contribution < -0.4 is 0 Å². The van der Waals surface area contributed by atoms with E-state index in [-0.39, 0.29) is 5.69 Å². The Bertz CT molecular complexity index is 502. The molecule has 6 nitrogen and oxygen atoms in total. The van der Waals surface area contributed by atoms with Gasteiger partial charge in [-0.25, -0.2) is 0 Å². The van der Waals surface area contributed by atoms with Crippen LogP contribution in [-0.4, -0.2) is 10.2 Å². The number of nitro groups is 1. The predicted molar refractivity (Wildman–Crippen MR) is 74.6 cm³/mol. The molecule has 1 aliphatic rings. The van der Waals surface area contributed by atoms with E-state index in [2.05, 4.69) is 10.0 Å². The zero-order valence-electron chi connectivity index (χ0n) is 10.4. The van der Waals surface area contributed by atoms with Crippen LogP contribution in [-0.2, 0) is 0 Å². The van der Waals surface area contributed by atoms with E-state index in [0.717, 1.165) is 17.7 Å². The van der Waals surface area contributed by atoms with Gasteiger partial charge in [0.25, 0.3) is 5.69 Å². The van der Waals surface area contributed by atoms with Gasteiger partial charge in [-0.1, -0.05) is 24.4 Å². The Morgan fingerprint density at radius 2 is 2.05 bits per heavy atom. The fourth-order valence-corrected chi connectivity index (χ4v) is 3.56. The summed E-state index contributed by atoms with van der Waals surface area (Å²) in [4.78, 5) is 13.9. The molecular weight excluding hydrogens is 264 g/mol. The third kappa shape index (κ3) is 3.87. The topological polar surface area (TPSA) is 91.9 Å². The van der Waals surface area contributed by atoms with Gasteiger partial charge >= 0.3 is 0 Å². The van der Waals surface area contributed by atoms with Crippen molar-refractivity contribution in [2.45, 2.75) is 42.2 Å². The van der Waals surface area contributed by atoms with Crippen molar-refractivity contribution in [2.24, 2.45) is 5.11 Å². The second-order valence-corrected chi connectivity index (χ2v) is 5.88. The average Bonchev–Trinajstić information content (AvgIpc) is 2.40. The molecule has 0 aliphatic heterocycles. The summed E-state index contributed by atoms with van der Waals surface area (Å²) in [5.41, 5.74) is 8.72. The molecule has 1 aromatic carbocycles. The summed E-state index contributed by atoms with van der Waals surface area (Å²) in [6.45, 7) is 0. The van der Waals surface area contributed by atoms with E-state index in [1.54, 1.807) is 23.9 Å². The van der Waals surface area contributed by atoms with Gasteiger partial charge in [0.15, 0.2) is 0 Å². The van der Waals surface area contributed by atoms with Gasteiger partial charge in [0.2, 0.25) is 0 Å². The van der Waals surface area contributed by atoms with Gasteiger partial charge in [0, 0.05) is 32.9 Å². The lowest BCUT2D eigenvalue weighted by molar-refractivity contribution is -0.385. The van der Waals surface area contributed by atoms with Gasteiger partial charge < -0.3 is 0 Å². The highest BCUT2D eigenvalue weighted by molar-refractivity contribution is 8.00. The van der Waals surface area contributed by atoms with Gasteiger partial charge in [0.05, 0.1) is 4.92 Å². The molecule has 1 fully saturated rings. The lowest BCUT2D eigenvalue weighted by Gasteiger charge is -2.20. The molecule has 0 unspecified atom stereocenters. The summed E-state index contributed by atoms with van der Waals surface area (Å²) in [6.07, 6.45) is 6.00. The summed E-state index contributed by atoms with van der Waals surface area (Å²) < 4.78 is 0. The van der Waals surface area contributed by atoms with Crippen LogP contribution in [0.4, 0.5) is 11.4 Å². The number of hydrogen-bond acceptors (Lipinski definition) is 4. The zero-order chi connectivity index (χ0) is 13.7. The Morgan fingerprint density at radius 3 is 2.68 bits per heavy atom. The van der Waals surface area contributed by atoms with Gasteiger partial charge in [-0.3, -0.25) is 10.1 Å². The second-order valence-electron chi connectivity index (χ2n) is 4.51. The van der Waals surface area contributed by atoms with E-state index < -0.39 is 4.92 Å². The molecule has 1 saturated carbocycles. The molecule has 7 heteroatoms. The molecular formula is C12H14N4O2S. The zero-order valence-corrected chi connectivity index (χ0v) is 11.2.